The second-order valence-corrected chi connectivity index (χ2v) is 4.71. The molecule has 0 atom stereocenters. The molecule has 0 aliphatic carbocycles. The molecule has 3 rings (SSSR count). The zero-order chi connectivity index (χ0) is 18.7. The fourth-order valence-corrected chi connectivity index (χ4v) is 2.05. The Morgan fingerprint density at radius 2 is 2.04 bits per heavy atom. The Morgan fingerprint density at radius 3 is 2.64 bits per heavy atom. The second kappa shape index (κ2) is 10.7. The molecule has 0 aliphatic rings. The maximum Gasteiger partial charge on any atom is 0.150 e. The third-order valence-corrected chi connectivity index (χ3v) is 3.26. The van der Waals surface area contributed by atoms with Crippen LogP contribution in [0.1, 0.15) is 29.8 Å². The fourth-order valence-electron chi connectivity index (χ4n) is 2.05. The molecule has 0 radical (unpaired) electrons. The SMILES string of the molecule is C=Nc1ccc(CO)cc1NC.CC.O=Cc1ccc2nc[nH]c2c1. The number of aliphatic imine (C=N–C) groups is 1. The normalized spacial score (nSPS) is 9.28. The van der Waals surface area contributed by atoms with Crippen molar-refractivity contribution in [2.45, 2.75) is 20.5 Å². The molecule has 0 unspecified atom stereocenters. The van der Waals surface area contributed by atoms with Gasteiger partial charge in [0.2, 0.25) is 0 Å². The van der Waals surface area contributed by atoms with Crippen LogP contribution in [0, 0.1) is 0 Å². The van der Waals surface area contributed by atoms with Gasteiger partial charge in [0.15, 0.2) is 0 Å². The van der Waals surface area contributed by atoms with Gasteiger partial charge in [-0.05, 0) is 42.6 Å². The highest BCUT2D eigenvalue weighted by atomic mass is 16.3. The summed E-state index contributed by atoms with van der Waals surface area (Å²) < 4.78 is 0. The number of fused-ring (bicyclic) bond motifs is 1. The number of aliphatic hydroxyl groups is 1. The van der Waals surface area contributed by atoms with Gasteiger partial charge in [-0.3, -0.25) is 9.79 Å². The van der Waals surface area contributed by atoms with E-state index in [9.17, 15) is 4.79 Å². The van der Waals surface area contributed by atoms with Crippen LogP contribution in [0.3, 0.4) is 0 Å². The lowest BCUT2D eigenvalue weighted by Crippen LogP contribution is -1.91. The van der Waals surface area contributed by atoms with Gasteiger partial charge >= 0.3 is 0 Å². The maximum atomic E-state index is 10.3. The Hall–Kier alpha value is -2.99. The maximum absolute atomic E-state index is 10.3. The van der Waals surface area contributed by atoms with Crippen LogP contribution in [0.4, 0.5) is 11.4 Å². The van der Waals surface area contributed by atoms with E-state index in [1.807, 2.05) is 45.2 Å². The smallest absolute Gasteiger partial charge is 0.150 e. The van der Waals surface area contributed by atoms with Crippen molar-refractivity contribution >= 4 is 35.4 Å². The Balaban J connectivity index is 0.000000228. The number of aromatic nitrogens is 2. The van der Waals surface area contributed by atoms with Crippen LogP contribution in [0.2, 0.25) is 0 Å². The lowest BCUT2D eigenvalue weighted by Gasteiger charge is -2.05. The van der Waals surface area contributed by atoms with Gasteiger partial charge < -0.3 is 15.4 Å². The molecule has 1 aromatic heterocycles. The lowest BCUT2D eigenvalue weighted by atomic mass is 10.2. The third kappa shape index (κ3) is 5.54. The predicted molar refractivity (Wildman–Crippen MR) is 104 cm³/mol. The average Bonchev–Trinajstić information content (AvgIpc) is 3.17. The average molecular weight is 340 g/mol. The Morgan fingerprint density at radius 1 is 1.28 bits per heavy atom. The summed E-state index contributed by atoms with van der Waals surface area (Å²) in [7, 11) is 1.81. The highest BCUT2D eigenvalue weighted by Gasteiger charge is 1.99. The first kappa shape index (κ1) is 20.1. The van der Waals surface area contributed by atoms with Crippen molar-refractivity contribution in [2.24, 2.45) is 4.99 Å². The second-order valence-electron chi connectivity index (χ2n) is 4.71. The minimum absolute atomic E-state index is 0.0477. The van der Waals surface area contributed by atoms with Crippen molar-refractivity contribution in [3.8, 4) is 0 Å². The molecular formula is C19H24N4O2. The molecule has 2 aromatic carbocycles. The minimum Gasteiger partial charge on any atom is -0.392 e. The molecule has 25 heavy (non-hydrogen) atoms. The van der Waals surface area contributed by atoms with E-state index in [1.54, 1.807) is 18.5 Å². The molecule has 3 aromatic rings. The van der Waals surface area contributed by atoms with Gasteiger partial charge in [-0.25, -0.2) is 4.98 Å². The van der Waals surface area contributed by atoms with E-state index in [2.05, 4.69) is 27.0 Å². The van der Waals surface area contributed by atoms with Crippen molar-refractivity contribution < 1.29 is 9.90 Å². The number of aromatic amines is 1. The number of carbonyl (C=O) groups is 1. The van der Waals surface area contributed by atoms with Crippen molar-refractivity contribution in [3.63, 3.8) is 0 Å². The number of aldehydes is 1. The van der Waals surface area contributed by atoms with E-state index in [0.29, 0.717) is 5.56 Å². The quantitative estimate of drug-likeness (QED) is 0.495. The van der Waals surface area contributed by atoms with Crippen LogP contribution in [0.25, 0.3) is 11.0 Å². The van der Waals surface area contributed by atoms with Crippen LogP contribution < -0.4 is 5.32 Å². The molecule has 3 N–H and O–H groups in total. The zero-order valence-electron chi connectivity index (χ0n) is 14.8. The van der Waals surface area contributed by atoms with Crippen LogP contribution >= 0.6 is 0 Å². The largest absolute Gasteiger partial charge is 0.392 e. The molecule has 0 fully saturated rings. The molecule has 0 saturated heterocycles. The summed E-state index contributed by atoms with van der Waals surface area (Å²) >= 11 is 0. The molecule has 0 saturated carbocycles. The predicted octanol–water partition coefficient (Wildman–Crippen LogP) is 3.95. The summed E-state index contributed by atoms with van der Waals surface area (Å²) in [5, 5.41) is 11.8. The summed E-state index contributed by atoms with van der Waals surface area (Å²) in [6.45, 7) is 7.49. The molecule has 0 bridgehead atoms. The number of benzene rings is 2. The first-order valence-corrected chi connectivity index (χ1v) is 7.98. The summed E-state index contributed by atoms with van der Waals surface area (Å²) in [6, 6.07) is 10.8. The van der Waals surface area contributed by atoms with Gasteiger partial charge in [-0.1, -0.05) is 19.9 Å². The number of carbonyl (C=O) groups excluding carboxylic acids is 1. The number of anilines is 1. The van der Waals surface area contributed by atoms with Gasteiger partial charge in [0.05, 0.1) is 35.3 Å². The number of hydrogen-bond acceptors (Lipinski definition) is 5. The number of nitrogens with one attached hydrogen (secondary N) is 2. The van der Waals surface area contributed by atoms with E-state index in [0.717, 1.165) is 34.3 Å². The highest BCUT2D eigenvalue weighted by Crippen LogP contribution is 2.24. The van der Waals surface area contributed by atoms with Crippen LogP contribution in [0.5, 0.6) is 0 Å². The van der Waals surface area contributed by atoms with E-state index in [1.165, 1.54) is 0 Å². The first-order chi connectivity index (χ1) is 12.2. The molecule has 6 heteroatoms. The standard InChI is InChI=1S/C9H12N2O.C8H6N2O.C2H6/c1-10-8-4-3-7(6-12)5-9(8)11-2;11-4-6-1-2-7-8(3-6)10-5-9-7;1-2/h3-5,11-12H,1,6H2,2H3;1-5H,(H,9,10);1-2H3. The monoisotopic (exact) mass is 340 g/mol. The number of nitrogens with zero attached hydrogens (tertiary/aromatic N) is 2. The fraction of sp³-hybridized carbons (Fsp3) is 0.211. The van der Waals surface area contributed by atoms with Gasteiger partial charge in [0.1, 0.15) is 6.29 Å². The lowest BCUT2D eigenvalue weighted by molar-refractivity contribution is 0.112. The van der Waals surface area contributed by atoms with Crippen molar-refractivity contribution in [1.29, 1.82) is 0 Å². The number of imidazole rings is 1. The summed E-state index contributed by atoms with van der Waals surface area (Å²) in [5.74, 6) is 0. The third-order valence-electron chi connectivity index (χ3n) is 3.26. The minimum atomic E-state index is 0.0477. The van der Waals surface area contributed by atoms with E-state index < -0.39 is 0 Å². The summed E-state index contributed by atoms with van der Waals surface area (Å²) in [5.41, 5.74) is 5.00. The van der Waals surface area contributed by atoms with E-state index in [-0.39, 0.29) is 6.61 Å². The van der Waals surface area contributed by atoms with Crippen LogP contribution in [-0.2, 0) is 6.61 Å². The Bertz CT molecular complexity index is 812. The van der Waals surface area contributed by atoms with Gasteiger partial charge in [-0.15, -0.1) is 0 Å². The van der Waals surface area contributed by atoms with Crippen molar-refractivity contribution in [3.05, 3.63) is 53.9 Å². The Labute approximate surface area is 147 Å². The molecule has 6 nitrogen and oxygen atoms in total. The molecule has 132 valence electrons. The Kier molecular flexibility index (Phi) is 8.60. The summed E-state index contributed by atoms with van der Waals surface area (Å²) in [4.78, 5) is 21.1. The van der Waals surface area contributed by atoms with Gasteiger partial charge in [0, 0.05) is 12.6 Å². The number of hydrogen-bond donors (Lipinski definition) is 3. The highest BCUT2D eigenvalue weighted by molar-refractivity contribution is 5.84. The van der Waals surface area contributed by atoms with E-state index >= 15 is 0 Å². The molecule has 0 aliphatic heterocycles. The van der Waals surface area contributed by atoms with Crippen LogP contribution in [0.15, 0.2) is 47.7 Å². The summed E-state index contributed by atoms with van der Waals surface area (Å²) in [6.07, 6.45) is 2.43. The molecule has 0 spiro atoms. The number of aliphatic hydroxyl groups excluding tert-OH is 1. The molecule has 0 amide bonds. The first-order valence-electron chi connectivity index (χ1n) is 7.98. The van der Waals surface area contributed by atoms with E-state index in [4.69, 9.17) is 5.11 Å². The topological polar surface area (TPSA) is 90.4 Å². The zero-order valence-corrected chi connectivity index (χ0v) is 14.8. The molecule has 1 heterocycles. The number of H-pyrrole nitrogens is 1. The van der Waals surface area contributed by atoms with Crippen LogP contribution in [-0.4, -0.2) is 35.1 Å². The van der Waals surface area contributed by atoms with Gasteiger partial charge in [-0.2, -0.15) is 0 Å². The van der Waals surface area contributed by atoms with Crippen molar-refractivity contribution in [1.82, 2.24) is 9.97 Å². The number of rotatable bonds is 4. The van der Waals surface area contributed by atoms with Gasteiger partial charge in [0.25, 0.3) is 0 Å². The molecular weight excluding hydrogens is 316 g/mol. The van der Waals surface area contributed by atoms with Crippen molar-refractivity contribution in [2.75, 3.05) is 12.4 Å².